The first-order valence-corrected chi connectivity index (χ1v) is 3.71. The Hall–Kier alpha value is -0.770. The molecule has 0 spiro atoms. The summed E-state index contributed by atoms with van der Waals surface area (Å²) in [5.74, 6) is 0. The van der Waals surface area contributed by atoms with Gasteiger partial charge in [0.15, 0.2) is 0 Å². The van der Waals surface area contributed by atoms with Crippen LogP contribution in [-0.2, 0) is 0 Å². The molecule has 1 aliphatic rings. The van der Waals surface area contributed by atoms with Gasteiger partial charge in [-0.2, -0.15) is 0 Å². The van der Waals surface area contributed by atoms with Crippen molar-refractivity contribution in [3.63, 3.8) is 0 Å². The highest BCUT2D eigenvalue weighted by molar-refractivity contribution is 5.64. The lowest BCUT2D eigenvalue weighted by Gasteiger charge is -2.15. The number of rotatable bonds is 1. The van der Waals surface area contributed by atoms with Crippen LogP contribution in [0.15, 0.2) is 0 Å². The number of hydrogen-bond acceptors (Lipinski definition) is 2. The van der Waals surface area contributed by atoms with Crippen molar-refractivity contribution in [2.45, 2.75) is 37.8 Å². The molecule has 0 aromatic rings. The molecule has 2 unspecified atom stereocenters. The van der Waals surface area contributed by atoms with Crippen molar-refractivity contribution in [1.82, 2.24) is 5.32 Å². The molecule has 0 saturated heterocycles. The highest BCUT2D eigenvalue weighted by Crippen LogP contribution is 2.28. The summed E-state index contributed by atoms with van der Waals surface area (Å²) in [6.07, 6.45) is 0.934. The van der Waals surface area contributed by atoms with Gasteiger partial charge in [-0.1, -0.05) is 0 Å². The predicted octanol–water partition coefficient (Wildman–Crippen LogP) is 0.557. The Morgan fingerprint density at radius 1 is 1.73 bits per heavy atom. The summed E-state index contributed by atoms with van der Waals surface area (Å²) in [7, 11) is 0. The Bertz CT molecular complexity index is 167. The Labute approximate surface area is 65.2 Å². The summed E-state index contributed by atoms with van der Waals surface area (Å²) in [5, 5.41) is 20.2. The number of aliphatic hydroxyl groups is 1. The molecule has 0 radical (unpaired) electrons. The van der Waals surface area contributed by atoms with Crippen LogP contribution in [0.3, 0.4) is 0 Å². The number of hydrogen-bond donors (Lipinski definition) is 3. The van der Waals surface area contributed by atoms with Gasteiger partial charge in [-0.25, -0.2) is 4.79 Å². The van der Waals surface area contributed by atoms with E-state index >= 15 is 0 Å². The minimum absolute atomic E-state index is 0.0671. The quantitative estimate of drug-likeness (QED) is 0.523. The van der Waals surface area contributed by atoms with Crippen LogP contribution in [0.5, 0.6) is 0 Å². The van der Waals surface area contributed by atoms with Crippen LogP contribution in [0.1, 0.15) is 26.2 Å². The second kappa shape index (κ2) is 2.70. The molecular weight excluding hydrogens is 146 g/mol. The molecule has 1 aliphatic carbocycles. The summed E-state index contributed by atoms with van der Waals surface area (Å²) < 4.78 is 0. The van der Waals surface area contributed by atoms with Gasteiger partial charge >= 0.3 is 6.09 Å². The van der Waals surface area contributed by atoms with Crippen molar-refractivity contribution < 1.29 is 15.0 Å². The Morgan fingerprint density at radius 3 is 2.73 bits per heavy atom. The Balaban J connectivity index is 2.36. The Morgan fingerprint density at radius 2 is 2.36 bits per heavy atom. The van der Waals surface area contributed by atoms with Crippen LogP contribution in [0.25, 0.3) is 0 Å². The molecule has 1 rings (SSSR count). The number of amides is 1. The normalized spacial score (nSPS) is 37.1. The predicted molar refractivity (Wildman–Crippen MR) is 39.4 cm³/mol. The first kappa shape index (κ1) is 8.33. The van der Waals surface area contributed by atoms with E-state index in [1.54, 1.807) is 6.92 Å². The highest BCUT2D eigenvalue weighted by atomic mass is 16.4. The van der Waals surface area contributed by atoms with Crippen molar-refractivity contribution in [3.8, 4) is 0 Å². The molecular formula is C7H13NO3. The van der Waals surface area contributed by atoms with E-state index in [4.69, 9.17) is 5.11 Å². The van der Waals surface area contributed by atoms with E-state index in [1.165, 1.54) is 0 Å². The summed E-state index contributed by atoms with van der Waals surface area (Å²) in [4.78, 5) is 10.2. The zero-order valence-electron chi connectivity index (χ0n) is 6.50. The van der Waals surface area contributed by atoms with Gasteiger partial charge in [-0.3, -0.25) is 0 Å². The number of carboxylic acid groups (broad SMARTS) is 1. The molecule has 0 aromatic carbocycles. The monoisotopic (exact) mass is 159 g/mol. The number of nitrogens with one attached hydrogen (secondary N) is 1. The molecule has 11 heavy (non-hydrogen) atoms. The summed E-state index contributed by atoms with van der Waals surface area (Å²) in [6.45, 7) is 1.73. The summed E-state index contributed by atoms with van der Waals surface area (Å²) in [6, 6.07) is -0.0671. The molecule has 0 heterocycles. The fraction of sp³-hybridized carbons (Fsp3) is 0.857. The topological polar surface area (TPSA) is 69.6 Å². The zero-order chi connectivity index (χ0) is 8.48. The molecule has 4 heteroatoms. The van der Waals surface area contributed by atoms with Crippen LogP contribution >= 0.6 is 0 Å². The second-order valence-corrected chi connectivity index (χ2v) is 3.39. The fourth-order valence-corrected chi connectivity index (χ4v) is 1.52. The molecule has 0 aliphatic heterocycles. The van der Waals surface area contributed by atoms with Crippen molar-refractivity contribution >= 4 is 6.09 Å². The van der Waals surface area contributed by atoms with Crippen molar-refractivity contribution in [2.75, 3.05) is 0 Å². The van der Waals surface area contributed by atoms with Gasteiger partial charge in [-0.15, -0.1) is 0 Å². The SMILES string of the molecule is CC1(O)CCC(NC(=O)O)C1. The standard InChI is InChI=1S/C7H13NO3/c1-7(11)3-2-5(4-7)8-6(9)10/h5,8,11H,2-4H2,1H3,(H,9,10). The average Bonchev–Trinajstić information content (AvgIpc) is 2.08. The van der Waals surface area contributed by atoms with Gasteiger partial charge in [0, 0.05) is 6.04 Å². The van der Waals surface area contributed by atoms with E-state index in [-0.39, 0.29) is 6.04 Å². The van der Waals surface area contributed by atoms with Crippen LogP contribution < -0.4 is 5.32 Å². The fourth-order valence-electron chi connectivity index (χ4n) is 1.52. The van der Waals surface area contributed by atoms with Crippen LogP contribution in [0.4, 0.5) is 4.79 Å². The Kier molecular flexibility index (Phi) is 2.04. The van der Waals surface area contributed by atoms with E-state index < -0.39 is 11.7 Å². The van der Waals surface area contributed by atoms with Gasteiger partial charge in [0.25, 0.3) is 0 Å². The van der Waals surface area contributed by atoms with Crippen LogP contribution in [0, 0.1) is 0 Å². The minimum Gasteiger partial charge on any atom is -0.465 e. The average molecular weight is 159 g/mol. The van der Waals surface area contributed by atoms with E-state index in [1.807, 2.05) is 0 Å². The van der Waals surface area contributed by atoms with Crippen molar-refractivity contribution in [1.29, 1.82) is 0 Å². The van der Waals surface area contributed by atoms with Gasteiger partial charge in [0.05, 0.1) is 5.60 Å². The van der Waals surface area contributed by atoms with Gasteiger partial charge in [0.2, 0.25) is 0 Å². The zero-order valence-corrected chi connectivity index (χ0v) is 6.50. The van der Waals surface area contributed by atoms with E-state index in [0.717, 1.165) is 6.42 Å². The smallest absolute Gasteiger partial charge is 0.404 e. The van der Waals surface area contributed by atoms with E-state index in [0.29, 0.717) is 12.8 Å². The first-order chi connectivity index (χ1) is 4.99. The molecule has 64 valence electrons. The lowest BCUT2D eigenvalue weighted by Crippen LogP contribution is -2.33. The van der Waals surface area contributed by atoms with Crippen molar-refractivity contribution in [3.05, 3.63) is 0 Å². The lowest BCUT2D eigenvalue weighted by molar-refractivity contribution is 0.0655. The highest BCUT2D eigenvalue weighted by Gasteiger charge is 2.33. The first-order valence-electron chi connectivity index (χ1n) is 3.71. The van der Waals surface area contributed by atoms with E-state index in [9.17, 15) is 9.90 Å². The minimum atomic E-state index is -1.01. The van der Waals surface area contributed by atoms with E-state index in [2.05, 4.69) is 5.32 Å². The summed E-state index contributed by atoms with van der Waals surface area (Å²) in [5.41, 5.74) is -0.673. The third-order valence-electron chi connectivity index (χ3n) is 2.05. The maximum Gasteiger partial charge on any atom is 0.404 e. The molecule has 0 bridgehead atoms. The van der Waals surface area contributed by atoms with Gasteiger partial charge in [-0.05, 0) is 26.2 Å². The molecule has 2 atom stereocenters. The molecule has 4 nitrogen and oxygen atoms in total. The molecule has 3 N–H and O–H groups in total. The largest absolute Gasteiger partial charge is 0.465 e. The maximum atomic E-state index is 10.2. The van der Waals surface area contributed by atoms with Gasteiger partial charge < -0.3 is 15.5 Å². The summed E-state index contributed by atoms with van der Waals surface area (Å²) >= 11 is 0. The third kappa shape index (κ3) is 2.38. The van der Waals surface area contributed by atoms with Crippen LogP contribution in [-0.4, -0.2) is 27.9 Å². The molecule has 1 saturated carbocycles. The third-order valence-corrected chi connectivity index (χ3v) is 2.05. The number of carbonyl (C=O) groups is 1. The molecule has 1 amide bonds. The molecule has 1 fully saturated rings. The lowest BCUT2D eigenvalue weighted by atomic mass is 10.1. The molecule has 0 aromatic heterocycles. The maximum absolute atomic E-state index is 10.2. The van der Waals surface area contributed by atoms with Crippen LogP contribution in [0.2, 0.25) is 0 Å². The second-order valence-electron chi connectivity index (χ2n) is 3.39. The van der Waals surface area contributed by atoms with Crippen molar-refractivity contribution in [2.24, 2.45) is 0 Å². The van der Waals surface area contributed by atoms with Gasteiger partial charge in [0.1, 0.15) is 0 Å².